The Kier molecular flexibility index (Phi) is 2.54. The maximum absolute atomic E-state index is 11.9. The van der Waals surface area contributed by atoms with Gasteiger partial charge in [0.05, 0.1) is 11.9 Å². The van der Waals surface area contributed by atoms with Crippen molar-refractivity contribution in [1.82, 2.24) is 0 Å². The number of Topliss-reactive ketones (excluding diaryl/α,β-unsaturated/α-hetero) is 1. The molecule has 3 heteroatoms. The summed E-state index contributed by atoms with van der Waals surface area (Å²) in [4.78, 5) is 22.7. The van der Waals surface area contributed by atoms with E-state index in [0.29, 0.717) is 12.0 Å². The van der Waals surface area contributed by atoms with Crippen LogP contribution in [0.25, 0.3) is 0 Å². The molecule has 1 aromatic rings. The predicted molar refractivity (Wildman–Crippen MR) is 52.2 cm³/mol. The largest absolute Gasteiger partial charge is 0.549 e. The van der Waals surface area contributed by atoms with E-state index >= 15 is 0 Å². The number of fused-ring (bicyclic) bond motifs is 1. The van der Waals surface area contributed by atoms with E-state index in [9.17, 15) is 14.7 Å². The molecule has 2 rings (SSSR count). The molecule has 0 bridgehead atoms. The third-order valence-corrected chi connectivity index (χ3v) is 2.82. The van der Waals surface area contributed by atoms with Gasteiger partial charge in [-0.2, -0.15) is 0 Å². The first-order valence-electron chi connectivity index (χ1n) is 5.03. The fraction of sp³-hybridized carbons (Fsp3) is 0.333. The van der Waals surface area contributed by atoms with E-state index in [1.807, 2.05) is 12.1 Å². The quantitative estimate of drug-likeness (QED) is 0.495. The van der Waals surface area contributed by atoms with E-state index in [0.717, 1.165) is 18.4 Å². The fourth-order valence-corrected chi connectivity index (χ4v) is 2.02. The summed E-state index contributed by atoms with van der Waals surface area (Å²) in [6.07, 6.45) is 1.88. The Labute approximate surface area is 87.7 Å². The van der Waals surface area contributed by atoms with Crippen LogP contribution in [-0.2, 0) is 11.2 Å². The number of benzene rings is 1. The molecule has 1 atom stereocenters. The molecule has 0 aliphatic heterocycles. The maximum atomic E-state index is 11.9. The molecule has 78 valence electrons. The SMILES string of the molecule is O=C([O-])C1CCCc2ccccc2C1=O. The van der Waals surface area contributed by atoms with Gasteiger partial charge in [-0.15, -0.1) is 0 Å². The summed E-state index contributed by atoms with van der Waals surface area (Å²) >= 11 is 0. The van der Waals surface area contributed by atoms with Crippen molar-refractivity contribution in [1.29, 1.82) is 0 Å². The van der Waals surface area contributed by atoms with E-state index in [1.165, 1.54) is 0 Å². The molecule has 15 heavy (non-hydrogen) atoms. The molecule has 0 N–H and O–H groups in total. The van der Waals surface area contributed by atoms with Crippen molar-refractivity contribution in [3.05, 3.63) is 35.4 Å². The number of hydrogen-bond acceptors (Lipinski definition) is 3. The van der Waals surface area contributed by atoms with Gasteiger partial charge in [0.1, 0.15) is 0 Å². The highest BCUT2D eigenvalue weighted by Crippen LogP contribution is 2.24. The van der Waals surface area contributed by atoms with Crippen molar-refractivity contribution in [2.45, 2.75) is 19.3 Å². The molecule has 0 heterocycles. The number of hydrogen-bond donors (Lipinski definition) is 0. The topological polar surface area (TPSA) is 57.2 Å². The van der Waals surface area contributed by atoms with Gasteiger partial charge in [-0.25, -0.2) is 0 Å². The highest BCUT2D eigenvalue weighted by molar-refractivity contribution is 6.08. The molecule has 1 aliphatic carbocycles. The Bertz CT molecular complexity index is 409. The first-order chi connectivity index (χ1) is 7.20. The Hall–Kier alpha value is -1.64. The lowest BCUT2D eigenvalue weighted by molar-refractivity contribution is -0.309. The van der Waals surface area contributed by atoms with Crippen LogP contribution in [0.2, 0.25) is 0 Å². The minimum Gasteiger partial charge on any atom is -0.549 e. The molecular formula is C12H11O3-. The first-order valence-corrected chi connectivity index (χ1v) is 5.03. The Morgan fingerprint density at radius 1 is 1.33 bits per heavy atom. The van der Waals surface area contributed by atoms with Crippen molar-refractivity contribution in [2.24, 2.45) is 5.92 Å². The molecule has 0 aromatic heterocycles. The van der Waals surface area contributed by atoms with Crippen LogP contribution in [0, 0.1) is 5.92 Å². The molecule has 0 radical (unpaired) electrons. The molecule has 1 unspecified atom stereocenters. The monoisotopic (exact) mass is 203 g/mol. The Morgan fingerprint density at radius 3 is 2.80 bits per heavy atom. The molecule has 0 saturated heterocycles. The highest BCUT2D eigenvalue weighted by atomic mass is 16.4. The second kappa shape index (κ2) is 3.85. The van der Waals surface area contributed by atoms with E-state index in [2.05, 4.69) is 0 Å². The number of carbonyl (C=O) groups is 2. The zero-order valence-corrected chi connectivity index (χ0v) is 8.23. The maximum Gasteiger partial charge on any atom is 0.171 e. The Balaban J connectivity index is 2.43. The summed E-state index contributed by atoms with van der Waals surface area (Å²) in [5.41, 5.74) is 1.50. The van der Waals surface area contributed by atoms with Gasteiger partial charge in [0.25, 0.3) is 0 Å². The number of ketones is 1. The van der Waals surface area contributed by atoms with E-state index in [-0.39, 0.29) is 5.78 Å². The van der Waals surface area contributed by atoms with Crippen molar-refractivity contribution in [3.8, 4) is 0 Å². The second-order valence-electron chi connectivity index (χ2n) is 3.79. The average Bonchev–Trinajstić information content (AvgIpc) is 2.39. The van der Waals surface area contributed by atoms with Crippen LogP contribution < -0.4 is 5.11 Å². The molecule has 0 fully saturated rings. The summed E-state index contributed by atoms with van der Waals surface area (Å²) in [5.74, 6) is -2.52. The van der Waals surface area contributed by atoms with Crippen molar-refractivity contribution in [2.75, 3.05) is 0 Å². The highest BCUT2D eigenvalue weighted by Gasteiger charge is 2.25. The van der Waals surface area contributed by atoms with Crippen LogP contribution in [0.5, 0.6) is 0 Å². The van der Waals surface area contributed by atoms with Crippen LogP contribution >= 0.6 is 0 Å². The van der Waals surface area contributed by atoms with Gasteiger partial charge in [-0.3, -0.25) is 4.79 Å². The van der Waals surface area contributed by atoms with Gasteiger partial charge in [0, 0.05) is 5.56 Å². The van der Waals surface area contributed by atoms with Crippen molar-refractivity contribution < 1.29 is 14.7 Å². The third-order valence-electron chi connectivity index (χ3n) is 2.82. The van der Waals surface area contributed by atoms with Crippen LogP contribution in [0.4, 0.5) is 0 Å². The summed E-state index contributed by atoms with van der Waals surface area (Å²) in [5, 5.41) is 10.8. The minimum absolute atomic E-state index is 0.303. The zero-order chi connectivity index (χ0) is 10.8. The number of carboxylic acid groups (broad SMARTS) is 1. The number of carboxylic acids is 1. The second-order valence-corrected chi connectivity index (χ2v) is 3.79. The average molecular weight is 203 g/mol. The molecule has 1 aromatic carbocycles. The van der Waals surface area contributed by atoms with Crippen molar-refractivity contribution in [3.63, 3.8) is 0 Å². The molecule has 3 nitrogen and oxygen atoms in total. The normalized spacial score (nSPS) is 20.5. The Morgan fingerprint density at radius 2 is 2.07 bits per heavy atom. The van der Waals surface area contributed by atoms with Crippen LogP contribution in [0.3, 0.4) is 0 Å². The summed E-state index contributed by atoms with van der Waals surface area (Å²) in [7, 11) is 0. The van der Waals surface area contributed by atoms with Gasteiger partial charge < -0.3 is 9.90 Å². The lowest BCUT2D eigenvalue weighted by atomic mass is 9.95. The molecule has 0 spiro atoms. The third kappa shape index (κ3) is 1.77. The van der Waals surface area contributed by atoms with E-state index in [1.54, 1.807) is 12.1 Å². The molecular weight excluding hydrogens is 192 g/mol. The zero-order valence-electron chi connectivity index (χ0n) is 8.23. The standard InChI is InChI=1S/C12H12O3/c13-11-9-6-2-1-4-8(9)5-3-7-10(11)12(14)15/h1-2,4,6,10H,3,5,7H2,(H,14,15)/p-1. The van der Waals surface area contributed by atoms with Crippen LogP contribution in [0.1, 0.15) is 28.8 Å². The van der Waals surface area contributed by atoms with Crippen molar-refractivity contribution >= 4 is 11.8 Å². The summed E-state index contributed by atoms with van der Waals surface area (Å²) in [6, 6.07) is 7.20. The van der Waals surface area contributed by atoms with Gasteiger partial charge in [0.2, 0.25) is 0 Å². The number of aliphatic carboxylic acids is 1. The summed E-state index contributed by atoms with van der Waals surface area (Å²) in [6.45, 7) is 0. The van der Waals surface area contributed by atoms with E-state index in [4.69, 9.17) is 0 Å². The van der Waals surface area contributed by atoms with E-state index < -0.39 is 11.9 Å². The van der Waals surface area contributed by atoms with Crippen LogP contribution in [-0.4, -0.2) is 11.8 Å². The molecule has 0 amide bonds. The number of aryl methyl sites for hydroxylation is 1. The first kappa shape index (κ1) is 9.90. The molecule has 1 aliphatic rings. The van der Waals surface area contributed by atoms with Gasteiger partial charge >= 0.3 is 0 Å². The van der Waals surface area contributed by atoms with Crippen LogP contribution in [0.15, 0.2) is 24.3 Å². The smallest absolute Gasteiger partial charge is 0.171 e. The summed E-state index contributed by atoms with van der Waals surface area (Å²) < 4.78 is 0. The van der Waals surface area contributed by atoms with Gasteiger partial charge in [0.15, 0.2) is 5.78 Å². The minimum atomic E-state index is -1.25. The lowest BCUT2D eigenvalue weighted by Crippen LogP contribution is -2.36. The van der Waals surface area contributed by atoms with Gasteiger partial charge in [-0.1, -0.05) is 24.3 Å². The van der Waals surface area contributed by atoms with Gasteiger partial charge in [-0.05, 0) is 24.8 Å². The predicted octanol–water partition coefficient (Wildman–Crippen LogP) is 0.572. The number of rotatable bonds is 1. The fourth-order valence-electron chi connectivity index (χ4n) is 2.02. The molecule has 0 saturated carbocycles. The lowest BCUT2D eigenvalue weighted by Gasteiger charge is -2.13. The number of carbonyl (C=O) groups excluding carboxylic acids is 2.